The summed E-state index contributed by atoms with van der Waals surface area (Å²) in [6.07, 6.45) is 4.51. The van der Waals surface area contributed by atoms with Gasteiger partial charge in [0.05, 0.1) is 25.7 Å². The van der Waals surface area contributed by atoms with Crippen LogP contribution >= 0.6 is 0 Å². The SMILES string of the molecule is [B][C@H](CC(=O)[C@@H](C)C(=O)O)[C@@](C)(C[C@@H](C)CN[C@H](C)[C@H]1N(CCCCn2cc(-c3cccc(N)c3)nn2)C(=O)O[C@]1(C)[C@H](C)CC)OC. The van der Waals surface area contributed by atoms with E-state index in [4.69, 9.17) is 23.1 Å². The first-order valence-corrected chi connectivity index (χ1v) is 17.1. The number of Topliss-reactive ketones (excluding diaryl/α,β-unsaturated/α-hetero) is 1. The zero-order valence-electron chi connectivity index (χ0n) is 29.9. The second kappa shape index (κ2) is 16.8. The molecule has 0 aliphatic carbocycles. The zero-order chi connectivity index (χ0) is 35.8. The number of aryl methyl sites for hydroxylation is 1. The van der Waals surface area contributed by atoms with Crippen molar-refractivity contribution in [2.45, 2.75) is 116 Å². The number of unbranched alkanes of at least 4 members (excludes halogenated alkanes) is 1. The molecule has 8 atom stereocenters. The fourth-order valence-corrected chi connectivity index (χ4v) is 6.71. The molecule has 0 saturated carbocycles. The van der Waals surface area contributed by atoms with E-state index in [0.717, 1.165) is 30.5 Å². The van der Waals surface area contributed by atoms with E-state index in [2.05, 4.69) is 43.3 Å². The Morgan fingerprint density at radius 2 is 1.92 bits per heavy atom. The van der Waals surface area contributed by atoms with Gasteiger partial charge in [-0.15, -0.1) is 5.10 Å². The number of ether oxygens (including phenoxy) is 2. The Hall–Kier alpha value is -3.45. The van der Waals surface area contributed by atoms with Gasteiger partial charge < -0.3 is 25.6 Å². The molecule has 1 fully saturated rings. The topological polar surface area (TPSA) is 162 Å². The summed E-state index contributed by atoms with van der Waals surface area (Å²) in [7, 11) is 7.98. The number of nitrogen functional groups attached to an aromatic ring is 1. The highest BCUT2D eigenvalue weighted by Crippen LogP contribution is 2.40. The number of carboxylic acid groups (broad SMARTS) is 1. The Labute approximate surface area is 286 Å². The van der Waals surface area contributed by atoms with Crippen LogP contribution in [-0.4, -0.2) is 94.2 Å². The molecule has 48 heavy (non-hydrogen) atoms. The van der Waals surface area contributed by atoms with Crippen molar-refractivity contribution < 1.29 is 29.0 Å². The van der Waals surface area contributed by atoms with Crippen molar-refractivity contribution in [1.82, 2.24) is 25.2 Å². The summed E-state index contributed by atoms with van der Waals surface area (Å²) in [5.41, 5.74) is 6.76. The molecule has 12 nitrogen and oxygen atoms in total. The number of amides is 1. The van der Waals surface area contributed by atoms with E-state index in [1.54, 1.807) is 7.11 Å². The van der Waals surface area contributed by atoms with E-state index in [1.807, 2.05) is 53.9 Å². The van der Waals surface area contributed by atoms with Gasteiger partial charge in [0.2, 0.25) is 0 Å². The second-order valence-corrected chi connectivity index (χ2v) is 14.1. The normalized spacial score (nSPS) is 22.4. The molecule has 0 bridgehead atoms. The van der Waals surface area contributed by atoms with Crippen molar-refractivity contribution in [2.75, 3.05) is 25.9 Å². The third kappa shape index (κ3) is 9.37. The number of nitrogens with zero attached hydrogens (tertiary/aromatic N) is 4. The molecule has 0 unspecified atom stereocenters. The number of carboxylic acids is 1. The van der Waals surface area contributed by atoms with E-state index < -0.39 is 34.7 Å². The Balaban J connectivity index is 1.62. The van der Waals surface area contributed by atoms with Crippen molar-refractivity contribution in [3.63, 3.8) is 0 Å². The molecule has 4 N–H and O–H groups in total. The quantitative estimate of drug-likeness (QED) is 0.0761. The minimum atomic E-state index is -1.16. The van der Waals surface area contributed by atoms with E-state index in [0.29, 0.717) is 31.7 Å². The molecule has 1 saturated heterocycles. The summed E-state index contributed by atoms with van der Waals surface area (Å²) in [6, 6.07) is 7.26. The second-order valence-electron chi connectivity index (χ2n) is 14.1. The molecule has 0 spiro atoms. The Bertz CT molecular complexity index is 1390. The number of anilines is 1. The first-order chi connectivity index (χ1) is 22.6. The molecular formula is C35H55BN6O6. The van der Waals surface area contributed by atoms with Crippen molar-refractivity contribution in [3.8, 4) is 11.3 Å². The van der Waals surface area contributed by atoms with Gasteiger partial charge in [-0.1, -0.05) is 38.1 Å². The van der Waals surface area contributed by atoms with Crippen molar-refractivity contribution >= 4 is 31.4 Å². The number of carbonyl (C=O) groups is 3. The third-order valence-corrected chi connectivity index (χ3v) is 10.4. The number of ketones is 1. The van der Waals surface area contributed by atoms with E-state index in [-0.39, 0.29) is 36.4 Å². The predicted octanol–water partition coefficient (Wildman–Crippen LogP) is 4.98. The summed E-state index contributed by atoms with van der Waals surface area (Å²) in [5, 5.41) is 21.4. The molecule has 1 aromatic carbocycles. The van der Waals surface area contributed by atoms with Crippen LogP contribution in [0.2, 0.25) is 5.82 Å². The van der Waals surface area contributed by atoms with Crippen molar-refractivity contribution in [2.24, 2.45) is 17.8 Å². The molecule has 2 heterocycles. The summed E-state index contributed by atoms with van der Waals surface area (Å²) in [6.45, 7) is 15.5. The smallest absolute Gasteiger partial charge is 0.410 e. The van der Waals surface area contributed by atoms with E-state index in [1.165, 1.54) is 6.92 Å². The number of aromatic nitrogens is 3. The van der Waals surface area contributed by atoms with Crippen LogP contribution in [0.15, 0.2) is 30.5 Å². The number of carbonyl (C=O) groups excluding carboxylic acids is 2. The monoisotopic (exact) mass is 666 g/mol. The first-order valence-electron chi connectivity index (χ1n) is 17.1. The molecule has 1 aliphatic rings. The van der Waals surface area contributed by atoms with E-state index in [9.17, 15) is 19.5 Å². The van der Waals surface area contributed by atoms with E-state index >= 15 is 0 Å². The average molecular weight is 667 g/mol. The Morgan fingerprint density at radius 1 is 1.23 bits per heavy atom. The van der Waals surface area contributed by atoms with Crippen LogP contribution in [0.3, 0.4) is 0 Å². The fraction of sp³-hybridized carbons (Fsp3) is 0.686. The molecule has 13 heteroatoms. The number of nitrogens with one attached hydrogen (secondary N) is 1. The van der Waals surface area contributed by atoms with Gasteiger partial charge in [0.25, 0.3) is 0 Å². The van der Waals surface area contributed by atoms with Crippen LogP contribution < -0.4 is 11.1 Å². The number of cyclic esters (lactones) is 1. The van der Waals surface area contributed by atoms with Crippen LogP contribution in [0.5, 0.6) is 0 Å². The molecule has 1 aliphatic heterocycles. The molecular weight excluding hydrogens is 611 g/mol. The number of hydrogen-bond donors (Lipinski definition) is 3. The van der Waals surface area contributed by atoms with Crippen molar-refractivity contribution in [1.29, 1.82) is 0 Å². The minimum Gasteiger partial charge on any atom is -0.481 e. The number of hydrogen-bond acceptors (Lipinski definition) is 9. The Morgan fingerprint density at radius 3 is 2.54 bits per heavy atom. The summed E-state index contributed by atoms with van der Waals surface area (Å²) < 4.78 is 13.8. The number of aliphatic carboxylic acids is 1. The third-order valence-electron chi connectivity index (χ3n) is 10.4. The molecule has 264 valence electrons. The molecule has 2 aromatic rings. The maximum atomic E-state index is 13.3. The highest BCUT2D eigenvalue weighted by atomic mass is 16.6. The number of nitrogens with two attached hydrogens (primary N) is 1. The Kier molecular flexibility index (Phi) is 13.6. The summed E-state index contributed by atoms with van der Waals surface area (Å²) in [4.78, 5) is 38.9. The zero-order valence-corrected chi connectivity index (χ0v) is 29.9. The fourth-order valence-electron chi connectivity index (χ4n) is 6.71. The van der Waals surface area contributed by atoms with Crippen LogP contribution in [-0.2, 0) is 25.6 Å². The lowest BCUT2D eigenvalue weighted by molar-refractivity contribution is -0.146. The summed E-state index contributed by atoms with van der Waals surface area (Å²) in [5.74, 6) is -3.13. The largest absolute Gasteiger partial charge is 0.481 e. The number of rotatable bonds is 20. The van der Waals surface area contributed by atoms with Gasteiger partial charge >= 0.3 is 12.1 Å². The van der Waals surface area contributed by atoms with Gasteiger partial charge in [0.1, 0.15) is 23.0 Å². The van der Waals surface area contributed by atoms with Gasteiger partial charge in [0, 0.05) is 43.9 Å². The van der Waals surface area contributed by atoms with Crippen LogP contribution in [0.1, 0.15) is 80.6 Å². The van der Waals surface area contributed by atoms with Crippen LogP contribution in [0, 0.1) is 17.8 Å². The van der Waals surface area contributed by atoms with Gasteiger partial charge in [-0.25, -0.2) is 4.79 Å². The highest BCUT2D eigenvalue weighted by molar-refractivity contribution is 6.15. The summed E-state index contributed by atoms with van der Waals surface area (Å²) >= 11 is 0. The maximum Gasteiger partial charge on any atom is 0.410 e. The minimum absolute atomic E-state index is 0.0850. The lowest BCUT2D eigenvalue weighted by Gasteiger charge is -2.41. The number of methoxy groups -OCH3 is 1. The first kappa shape index (κ1) is 39.0. The van der Waals surface area contributed by atoms with Crippen LogP contribution in [0.25, 0.3) is 11.3 Å². The maximum absolute atomic E-state index is 13.3. The van der Waals surface area contributed by atoms with Crippen molar-refractivity contribution in [3.05, 3.63) is 30.5 Å². The van der Waals surface area contributed by atoms with Crippen LogP contribution in [0.4, 0.5) is 10.5 Å². The molecule has 1 aromatic heterocycles. The predicted molar refractivity (Wildman–Crippen MR) is 187 cm³/mol. The average Bonchev–Trinajstić information content (AvgIpc) is 3.62. The number of benzene rings is 1. The highest BCUT2D eigenvalue weighted by Gasteiger charge is 2.55. The molecule has 3 rings (SSSR count). The standard InChI is InChI=1S/C35H55BN6O6/c1-9-23(3)35(7)31(25(5)38-20-22(2)19-34(6,47-8)30(36)18-29(43)24(4)32(44)45)42(33(46)48-35)16-11-10-15-41-21-28(39-40-41)26-13-12-14-27(37)17-26/h12-14,17,21-25,30-31,38H,9-11,15-16,18-20,37H2,1-8H3,(H,44,45)/t22-,23-,24-,25-,30-,31-,34-,35-/m1/s1. The van der Waals surface area contributed by atoms with Gasteiger partial charge in [0.15, 0.2) is 0 Å². The molecule has 1 amide bonds. The van der Waals surface area contributed by atoms with Gasteiger partial charge in [-0.05, 0) is 89.7 Å². The lowest BCUT2D eigenvalue weighted by atomic mass is 9.67. The van der Waals surface area contributed by atoms with Gasteiger partial charge in [-0.3, -0.25) is 19.2 Å². The van der Waals surface area contributed by atoms with Gasteiger partial charge in [-0.2, -0.15) is 0 Å². The lowest BCUT2D eigenvalue weighted by Crippen LogP contribution is -2.58. The molecule has 2 radical (unpaired) electrons.